The predicted octanol–water partition coefficient (Wildman–Crippen LogP) is 1.24. The molecule has 1 aliphatic carbocycles. The predicted molar refractivity (Wildman–Crippen MR) is 60.5 cm³/mol. The molecule has 0 bridgehead atoms. The summed E-state index contributed by atoms with van der Waals surface area (Å²) < 4.78 is 0. The molecule has 0 aromatic carbocycles. The van der Waals surface area contributed by atoms with Crippen LogP contribution in [0.15, 0.2) is 0 Å². The molecule has 86 valence electrons. The highest BCUT2D eigenvalue weighted by Gasteiger charge is 2.47. The first kappa shape index (κ1) is 10.9. The van der Waals surface area contributed by atoms with E-state index in [4.69, 9.17) is 0 Å². The van der Waals surface area contributed by atoms with Crippen molar-refractivity contribution in [1.82, 2.24) is 10.2 Å². The summed E-state index contributed by atoms with van der Waals surface area (Å²) in [6, 6.07) is 0.536. The lowest BCUT2D eigenvalue weighted by atomic mass is 9.75. The summed E-state index contributed by atoms with van der Waals surface area (Å²) in [5.74, 6) is 0.797. The summed E-state index contributed by atoms with van der Waals surface area (Å²) in [7, 11) is 1.97. The van der Waals surface area contributed by atoms with Gasteiger partial charge in [-0.25, -0.2) is 0 Å². The third-order valence-corrected chi connectivity index (χ3v) is 4.13. The van der Waals surface area contributed by atoms with Gasteiger partial charge in [-0.2, -0.15) is 0 Å². The van der Waals surface area contributed by atoms with E-state index in [0.717, 1.165) is 19.5 Å². The Morgan fingerprint density at radius 1 is 1.47 bits per heavy atom. The number of amides is 1. The van der Waals surface area contributed by atoms with Crippen molar-refractivity contribution in [1.29, 1.82) is 0 Å². The van der Waals surface area contributed by atoms with E-state index in [0.29, 0.717) is 17.9 Å². The van der Waals surface area contributed by atoms with E-state index in [1.807, 2.05) is 11.9 Å². The molecule has 0 spiro atoms. The maximum absolute atomic E-state index is 12.5. The SMILES string of the molecule is CC(C)C1(C(=O)N(C)C2CC2)CCNC1. The molecule has 2 fully saturated rings. The first-order valence-corrected chi connectivity index (χ1v) is 6.06. The quantitative estimate of drug-likeness (QED) is 0.760. The van der Waals surface area contributed by atoms with Gasteiger partial charge in [0.25, 0.3) is 0 Å². The standard InChI is InChI=1S/C12H22N2O/c1-9(2)12(6-7-13-8-12)11(15)14(3)10-4-5-10/h9-10,13H,4-8H2,1-3H3. The fraction of sp³-hybridized carbons (Fsp3) is 0.917. The van der Waals surface area contributed by atoms with Crippen LogP contribution in [0.5, 0.6) is 0 Å². The Balaban J connectivity index is 2.13. The van der Waals surface area contributed by atoms with Crippen molar-refractivity contribution in [3.63, 3.8) is 0 Å². The van der Waals surface area contributed by atoms with E-state index < -0.39 is 0 Å². The average molecular weight is 210 g/mol. The van der Waals surface area contributed by atoms with Gasteiger partial charge in [0.2, 0.25) is 5.91 Å². The number of rotatable bonds is 3. The highest BCUT2D eigenvalue weighted by molar-refractivity contribution is 5.84. The molecule has 0 aromatic heterocycles. The molecular weight excluding hydrogens is 188 g/mol. The summed E-state index contributed by atoms with van der Waals surface area (Å²) in [5.41, 5.74) is -0.128. The molecule has 3 nitrogen and oxygen atoms in total. The molecule has 1 atom stereocenters. The van der Waals surface area contributed by atoms with Crippen molar-refractivity contribution in [3.05, 3.63) is 0 Å². The number of nitrogens with one attached hydrogen (secondary N) is 1. The Morgan fingerprint density at radius 3 is 2.53 bits per heavy atom. The van der Waals surface area contributed by atoms with Crippen LogP contribution in [0.3, 0.4) is 0 Å². The van der Waals surface area contributed by atoms with Gasteiger partial charge in [0.15, 0.2) is 0 Å². The molecule has 1 amide bonds. The Bertz CT molecular complexity index is 252. The van der Waals surface area contributed by atoms with E-state index >= 15 is 0 Å². The number of hydrogen-bond acceptors (Lipinski definition) is 2. The lowest BCUT2D eigenvalue weighted by Gasteiger charge is -2.35. The largest absolute Gasteiger partial charge is 0.342 e. The van der Waals surface area contributed by atoms with Crippen LogP contribution in [0.25, 0.3) is 0 Å². The maximum atomic E-state index is 12.5. The molecule has 2 aliphatic rings. The first-order chi connectivity index (χ1) is 7.08. The van der Waals surface area contributed by atoms with Gasteiger partial charge in [-0.05, 0) is 31.7 Å². The molecule has 1 N–H and O–H groups in total. The first-order valence-electron chi connectivity index (χ1n) is 6.06. The average Bonchev–Trinajstić information content (AvgIpc) is 2.93. The second kappa shape index (κ2) is 3.78. The van der Waals surface area contributed by atoms with Crippen molar-refractivity contribution in [2.45, 2.75) is 39.2 Å². The summed E-state index contributed by atoms with van der Waals surface area (Å²) in [6.07, 6.45) is 3.40. The van der Waals surface area contributed by atoms with Gasteiger partial charge in [-0.15, -0.1) is 0 Å². The van der Waals surface area contributed by atoms with Crippen molar-refractivity contribution < 1.29 is 4.79 Å². The molecule has 0 aromatic rings. The molecule has 15 heavy (non-hydrogen) atoms. The van der Waals surface area contributed by atoms with Crippen LogP contribution in [0.1, 0.15) is 33.1 Å². The third-order valence-electron chi connectivity index (χ3n) is 4.13. The monoisotopic (exact) mass is 210 g/mol. The zero-order valence-corrected chi connectivity index (χ0v) is 10.0. The van der Waals surface area contributed by atoms with E-state index in [2.05, 4.69) is 19.2 Å². The van der Waals surface area contributed by atoms with Crippen molar-refractivity contribution in [2.75, 3.05) is 20.1 Å². The molecular formula is C12H22N2O. The van der Waals surface area contributed by atoms with E-state index in [1.54, 1.807) is 0 Å². The van der Waals surface area contributed by atoms with Crippen LogP contribution in [0.4, 0.5) is 0 Å². The minimum absolute atomic E-state index is 0.128. The normalized spacial score (nSPS) is 30.9. The van der Waals surface area contributed by atoms with E-state index in [9.17, 15) is 4.79 Å². The lowest BCUT2D eigenvalue weighted by Crippen LogP contribution is -2.47. The Labute approximate surface area is 92.2 Å². The molecule has 1 unspecified atom stereocenters. The minimum Gasteiger partial charge on any atom is -0.342 e. The van der Waals surface area contributed by atoms with Crippen molar-refractivity contribution in [3.8, 4) is 0 Å². The molecule has 0 radical (unpaired) electrons. The number of carbonyl (C=O) groups is 1. The van der Waals surface area contributed by atoms with Crippen molar-refractivity contribution in [2.24, 2.45) is 11.3 Å². The zero-order chi connectivity index (χ0) is 11.1. The second-order valence-corrected chi connectivity index (χ2v) is 5.38. The summed E-state index contributed by atoms with van der Waals surface area (Å²) >= 11 is 0. The number of hydrogen-bond donors (Lipinski definition) is 1. The van der Waals surface area contributed by atoms with E-state index in [-0.39, 0.29) is 5.41 Å². The minimum atomic E-state index is -0.128. The fourth-order valence-corrected chi connectivity index (χ4v) is 2.61. The Morgan fingerprint density at radius 2 is 2.13 bits per heavy atom. The Kier molecular flexibility index (Phi) is 2.75. The molecule has 1 aliphatic heterocycles. The van der Waals surface area contributed by atoms with Gasteiger partial charge in [0, 0.05) is 19.6 Å². The molecule has 3 heteroatoms. The van der Waals surface area contributed by atoms with Gasteiger partial charge in [0.05, 0.1) is 5.41 Å². The van der Waals surface area contributed by atoms with Gasteiger partial charge in [-0.1, -0.05) is 13.8 Å². The highest BCUT2D eigenvalue weighted by atomic mass is 16.2. The van der Waals surface area contributed by atoms with Gasteiger partial charge < -0.3 is 10.2 Å². The zero-order valence-electron chi connectivity index (χ0n) is 10.0. The molecule has 1 saturated heterocycles. The molecule has 1 saturated carbocycles. The maximum Gasteiger partial charge on any atom is 0.230 e. The molecule has 1 heterocycles. The van der Waals surface area contributed by atoms with Gasteiger partial charge >= 0.3 is 0 Å². The Hall–Kier alpha value is -0.570. The van der Waals surface area contributed by atoms with Crippen LogP contribution in [-0.2, 0) is 4.79 Å². The number of carbonyl (C=O) groups excluding carboxylic acids is 1. The number of nitrogens with zero attached hydrogens (tertiary/aromatic N) is 1. The topological polar surface area (TPSA) is 32.3 Å². The van der Waals surface area contributed by atoms with Crippen LogP contribution in [-0.4, -0.2) is 37.0 Å². The molecule has 2 rings (SSSR count). The summed E-state index contributed by atoms with van der Waals surface area (Å²) in [5, 5.41) is 3.34. The highest BCUT2D eigenvalue weighted by Crippen LogP contribution is 2.38. The van der Waals surface area contributed by atoms with Crippen LogP contribution >= 0.6 is 0 Å². The second-order valence-electron chi connectivity index (χ2n) is 5.38. The van der Waals surface area contributed by atoms with Crippen molar-refractivity contribution >= 4 is 5.91 Å². The van der Waals surface area contributed by atoms with Crippen LogP contribution in [0.2, 0.25) is 0 Å². The lowest BCUT2D eigenvalue weighted by molar-refractivity contribution is -0.142. The van der Waals surface area contributed by atoms with E-state index in [1.165, 1.54) is 12.8 Å². The summed E-state index contributed by atoms with van der Waals surface area (Å²) in [6.45, 7) is 6.19. The van der Waals surface area contributed by atoms with Gasteiger partial charge in [-0.3, -0.25) is 4.79 Å². The van der Waals surface area contributed by atoms with Gasteiger partial charge in [0.1, 0.15) is 0 Å². The fourth-order valence-electron chi connectivity index (χ4n) is 2.61. The van der Waals surface area contributed by atoms with Crippen LogP contribution in [0, 0.1) is 11.3 Å². The summed E-state index contributed by atoms with van der Waals surface area (Å²) in [4.78, 5) is 14.5. The smallest absolute Gasteiger partial charge is 0.230 e. The van der Waals surface area contributed by atoms with Crippen LogP contribution < -0.4 is 5.32 Å². The third kappa shape index (κ3) is 1.78.